The third kappa shape index (κ3) is 7.90. The van der Waals surface area contributed by atoms with Crippen molar-refractivity contribution < 1.29 is 23.9 Å². The van der Waals surface area contributed by atoms with Crippen LogP contribution in [0.1, 0.15) is 28.4 Å². The summed E-state index contributed by atoms with van der Waals surface area (Å²) in [6.45, 7) is 2.21. The fourth-order valence-electron chi connectivity index (χ4n) is 2.87. The lowest BCUT2D eigenvalue weighted by Crippen LogP contribution is -2.20. The molecule has 3 rings (SSSR count). The van der Waals surface area contributed by atoms with Gasteiger partial charge in [-0.2, -0.15) is 0 Å². The van der Waals surface area contributed by atoms with E-state index in [1.54, 1.807) is 43.3 Å². The van der Waals surface area contributed by atoms with Gasteiger partial charge in [0.05, 0.1) is 6.61 Å². The van der Waals surface area contributed by atoms with Crippen LogP contribution in [0.3, 0.4) is 0 Å². The van der Waals surface area contributed by atoms with Crippen LogP contribution in [-0.4, -0.2) is 24.6 Å². The van der Waals surface area contributed by atoms with Crippen LogP contribution in [0.5, 0.6) is 5.75 Å². The average Bonchev–Trinajstić information content (AvgIpc) is 2.83. The summed E-state index contributed by atoms with van der Waals surface area (Å²) < 4.78 is 10.7. The highest BCUT2D eigenvalue weighted by Crippen LogP contribution is 2.16. The van der Waals surface area contributed by atoms with E-state index in [9.17, 15) is 14.4 Å². The number of amides is 2. The Morgan fingerprint density at radius 3 is 2.41 bits per heavy atom. The molecule has 0 spiro atoms. The normalized spacial score (nSPS) is 10.5. The number of anilines is 1. The topological polar surface area (TPSA) is 93.7 Å². The minimum absolute atomic E-state index is 0.213. The lowest BCUT2D eigenvalue weighted by molar-refractivity contribution is -0.116. The van der Waals surface area contributed by atoms with Crippen LogP contribution < -0.4 is 15.4 Å². The molecule has 174 valence electrons. The first kappa shape index (κ1) is 24.7. The summed E-state index contributed by atoms with van der Waals surface area (Å²) in [4.78, 5) is 36.0. The van der Waals surface area contributed by atoms with E-state index in [1.165, 1.54) is 18.2 Å². The van der Waals surface area contributed by atoms with Crippen LogP contribution in [0.15, 0.2) is 83.3 Å². The van der Waals surface area contributed by atoms with Crippen molar-refractivity contribution in [2.24, 2.45) is 0 Å². The van der Waals surface area contributed by atoms with E-state index >= 15 is 0 Å². The summed E-state index contributed by atoms with van der Waals surface area (Å²) in [5.74, 6) is -0.259. The minimum atomic E-state index is -0.799. The molecule has 34 heavy (non-hydrogen) atoms. The highest BCUT2D eigenvalue weighted by molar-refractivity contribution is 9.10. The van der Waals surface area contributed by atoms with E-state index in [0.717, 1.165) is 15.6 Å². The first-order valence-corrected chi connectivity index (χ1v) is 11.3. The maximum Gasteiger partial charge on any atom is 0.513 e. The Hall–Kier alpha value is -3.91. The first-order valence-electron chi connectivity index (χ1n) is 10.5. The lowest BCUT2D eigenvalue weighted by atomic mass is 10.1. The van der Waals surface area contributed by atoms with Gasteiger partial charge in [-0.15, -0.1) is 0 Å². The van der Waals surface area contributed by atoms with Crippen LogP contribution in [0.2, 0.25) is 0 Å². The Morgan fingerprint density at radius 2 is 1.71 bits per heavy atom. The number of hydrogen-bond donors (Lipinski definition) is 2. The zero-order chi connectivity index (χ0) is 24.3. The third-order valence-corrected chi connectivity index (χ3v) is 5.06. The second-order valence-electron chi connectivity index (χ2n) is 7.07. The predicted octanol–water partition coefficient (Wildman–Crippen LogP) is 5.57. The van der Waals surface area contributed by atoms with Crippen LogP contribution in [0.25, 0.3) is 6.08 Å². The molecule has 0 saturated carbocycles. The monoisotopic (exact) mass is 522 g/mol. The maximum atomic E-state index is 12.5. The minimum Gasteiger partial charge on any atom is -0.434 e. The zero-order valence-electron chi connectivity index (χ0n) is 18.4. The summed E-state index contributed by atoms with van der Waals surface area (Å²) in [7, 11) is 0. The molecular formula is C26H23BrN2O5. The molecule has 3 aromatic rings. The second kappa shape index (κ2) is 12.4. The molecule has 0 bridgehead atoms. The molecule has 0 aliphatic carbocycles. The number of carbonyl (C=O) groups excluding carboxylic acids is 3. The van der Waals surface area contributed by atoms with Crippen molar-refractivity contribution in [1.29, 1.82) is 0 Å². The van der Waals surface area contributed by atoms with Gasteiger partial charge >= 0.3 is 6.16 Å². The van der Waals surface area contributed by atoms with E-state index in [2.05, 4.69) is 26.6 Å². The molecular weight excluding hydrogens is 500 g/mol. The van der Waals surface area contributed by atoms with Gasteiger partial charge in [0.15, 0.2) is 0 Å². The Morgan fingerprint density at radius 1 is 0.971 bits per heavy atom. The smallest absolute Gasteiger partial charge is 0.434 e. The summed E-state index contributed by atoms with van der Waals surface area (Å²) in [6, 6.07) is 20.9. The van der Waals surface area contributed by atoms with E-state index in [1.807, 2.05) is 30.3 Å². The van der Waals surface area contributed by atoms with Crippen molar-refractivity contribution >= 4 is 45.7 Å². The predicted molar refractivity (Wildman–Crippen MR) is 134 cm³/mol. The number of ether oxygens (including phenoxy) is 2. The van der Waals surface area contributed by atoms with Crippen LogP contribution in [-0.2, 0) is 16.1 Å². The molecule has 0 aromatic heterocycles. The molecule has 0 aliphatic heterocycles. The van der Waals surface area contributed by atoms with Crippen molar-refractivity contribution in [3.05, 3.63) is 100 Å². The molecule has 0 radical (unpaired) electrons. The van der Waals surface area contributed by atoms with E-state index in [4.69, 9.17) is 9.47 Å². The first-order chi connectivity index (χ1) is 16.4. The quantitative estimate of drug-likeness (QED) is 0.229. The Kier molecular flexibility index (Phi) is 8.99. The number of hydrogen-bond acceptors (Lipinski definition) is 5. The Bertz CT molecular complexity index is 1170. The molecule has 0 saturated heterocycles. The molecule has 2 amide bonds. The average molecular weight is 523 g/mol. The van der Waals surface area contributed by atoms with E-state index in [-0.39, 0.29) is 24.2 Å². The standard InChI is InChI=1S/C26H23BrN2O5/c1-2-33-26(32)34-23-13-9-20(10-14-23)25(31)29-22-5-3-4-19(16-22)17-28-24(30)15-8-18-6-11-21(27)12-7-18/h3-16H,2,17H2,1H3,(H,28,30)(H,29,31)/b15-8+. The van der Waals surface area contributed by atoms with Gasteiger partial charge in [-0.3, -0.25) is 9.59 Å². The van der Waals surface area contributed by atoms with Crippen molar-refractivity contribution in [2.75, 3.05) is 11.9 Å². The fourth-order valence-corrected chi connectivity index (χ4v) is 3.14. The highest BCUT2D eigenvalue weighted by atomic mass is 79.9. The number of rotatable bonds is 8. The largest absolute Gasteiger partial charge is 0.513 e. The molecule has 0 atom stereocenters. The van der Waals surface area contributed by atoms with Gasteiger partial charge in [0.2, 0.25) is 5.91 Å². The van der Waals surface area contributed by atoms with Gasteiger partial charge < -0.3 is 20.1 Å². The van der Waals surface area contributed by atoms with Gasteiger partial charge in [0.1, 0.15) is 5.75 Å². The summed E-state index contributed by atoms with van der Waals surface area (Å²) in [5.41, 5.74) is 2.74. The number of benzene rings is 3. The van der Waals surface area contributed by atoms with Gasteiger partial charge in [-0.1, -0.05) is 40.2 Å². The molecule has 7 nitrogen and oxygen atoms in total. The van der Waals surface area contributed by atoms with Crippen molar-refractivity contribution in [3.63, 3.8) is 0 Å². The SMILES string of the molecule is CCOC(=O)Oc1ccc(C(=O)Nc2cccc(CNC(=O)/C=C/c3ccc(Br)cc3)c2)cc1. The summed E-state index contributed by atoms with van der Waals surface area (Å²) in [5, 5.41) is 5.64. The van der Waals surface area contributed by atoms with Gasteiger partial charge in [0, 0.05) is 28.3 Å². The van der Waals surface area contributed by atoms with Gasteiger partial charge in [-0.25, -0.2) is 4.79 Å². The van der Waals surface area contributed by atoms with Crippen LogP contribution in [0.4, 0.5) is 10.5 Å². The fraction of sp³-hybridized carbons (Fsp3) is 0.115. The Balaban J connectivity index is 1.52. The molecule has 2 N–H and O–H groups in total. The van der Waals surface area contributed by atoms with Gasteiger partial charge in [-0.05, 0) is 72.7 Å². The van der Waals surface area contributed by atoms with Crippen molar-refractivity contribution in [1.82, 2.24) is 5.32 Å². The highest BCUT2D eigenvalue weighted by Gasteiger charge is 2.09. The molecule has 0 unspecified atom stereocenters. The third-order valence-electron chi connectivity index (χ3n) is 4.53. The van der Waals surface area contributed by atoms with Gasteiger partial charge in [0.25, 0.3) is 5.91 Å². The number of carbonyl (C=O) groups is 3. The number of nitrogens with one attached hydrogen (secondary N) is 2. The zero-order valence-corrected chi connectivity index (χ0v) is 20.0. The molecule has 0 fully saturated rings. The summed E-state index contributed by atoms with van der Waals surface area (Å²) >= 11 is 3.38. The molecule has 3 aromatic carbocycles. The van der Waals surface area contributed by atoms with Crippen LogP contribution >= 0.6 is 15.9 Å². The molecule has 0 aliphatic rings. The van der Waals surface area contributed by atoms with E-state index < -0.39 is 6.16 Å². The summed E-state index contributed by atoms with van der Waals surface area (Å²) in [6.07, 6.45) is 2.42. The van der Waals surface area contributed by atoms with E-state index in [0.29, 0.717) is 17.8 Å². The Labute approximate surface area is 205 Å². The number of halogens is 1. The van der Waals surface area contributed by atoms with Crippen LogP contribution in [0, 0.1) is 0 Å². The molecule has 0 heterocycles. The molecule has 8 heteroatoms. The lowest BCUT2D eigenvalue weighted by Gasteiger charge is -2.09. The van der Waals surface area contributed by atoms with Crippen molar-refractivity contribution in [3.8, 4) is 5.75 Å². The second-order valence-corrected chi connectivity index (χ2v) is 7.98. The van der Waals surface area contributed by atoms with Crippen molar-refractivity contribution in [2.45, 2.75) is 13.5 Å². The maximum absolute atomic E-state index is 12.5.